The summed E-state index contributed by atoms with van der Waals surface area (Å²) in [6.45, 7) is 0. The molecule has 0 aliphatic rings. The molecular weight excluding hydrogens is 612 g/mol. The molecule has 0 aliphatic carbocycles. The number of benzene rings is 2. The molecule has 16 heteroatoms. The molecule has 34 heavy (non-hydrogen) atoms. The second kappa shape index (κ2) is 9.26. The van der Waals surface area contributed by atoms with Gasteiger partial charge in [0.25, 0.3) is 5.91 Å². The molecule has 0 atom stereocenters. The predicted molar refractivity (Wildman–Crippen MR) is 105 cm³/mol. The van der Waals surface area contributed by atoms with Crippen LogP contribution in [0, 0.1) is 9.39 Å². The second-order valence-electron chi connectivity index (χ2n) is 6.40. The van der Waals surface area contributed by atoms with Crippen LogP contribution in [0.5, 0.6) is 5.75 Å². The van der Waals surface area contributed by atoms with Gasteiger partial charge in [-0.3, -0.25) is 4.79 Å². The highest BCUT2D eigenvalue weighted by molar-refractivity contribution is 14.1. The molecule has 0 bridgehead atoms. The third-order valence-electron chi connectivity index (χ3n) is 4.21. The molecular formula is C18H10F11IN2O2. The Morgan fingerprint density at radius 2 is 1.50 bits per heavy atom. The highest BCUT2D eigenvalue weighted by Crippen LogP contribution is 2.54. The lowest BCUT2D eigenvalue weighted by molar-refractivity contribution is -0.348. The molecule has 0 aromatic heterocycles. The summed E-state index contributed by atoms with van der Waals surface area (Å²) in [5, 5.41) is 4.12. The van der Waals surface area contributed by atoms with E-state index in [1.807, 2.05) is 0 Å². The predicted octanol–water partition coefficient (Wildman–Crippen LogP) is 6.91. The van der Waals surface area contributed by atoms with Crippen molar-refractivity contribution in [1.82, 2.24) is 0 Å². The molecule has 2 aromatic rings. The normalized spacial score (nSPS) is 13.0. The second-order valence-corrected chi connectivity index (χ2v) is 7.57. The highest BCUT2D eigenvalue weighted by atomic mass is 127. The van der Waals surface area contributed by atoms with Crippen molar-refractivity contribution >= 4 is 39.9 Å². The zero-order chi connectivity index (χ0) is 26.3. The van der Waals surface area contributed by atoms with Gasteiger partial charge in [-0.2, -0.15) is 26.3 Å². The first kappa shape index (κ1) is 27.7. The van der Waals surface area contributed by atoms with E-state index in [9.17, 15) is 53.1 Å². The van der Waals surface area contributed by atoms with E-state index in [-0.39, 0.29) is 11.8 Å². The van der Waals surface area contributed by atoms with E-state index in [2.05, 4.69) is 10.1 Å². The number of rotatable bonds is 5. The molecule has 1 amide bonds. The Balaban J connectivity index is 2.70. The van der Waals surface area contributed by atoms with Gasteiger partial charge in [0, 0.05) is 16.2 Å². The summed E-state index contributed by atoms with van der Waals surface area (Å²) < 4.78 is 148. The lowest BCUT2D eigenvalue weighted by Crippen LogP contribution is -2.50. The van der Waals surface area contributed by atoms with Crippen molar-refractivity contribution in [3.8, 4) is 5.75 Å². The average Bonchev–Trinajstić information content (AvgIpc) is 2.66. The van der Waals surface area contributed by atoms with Crippen LogP contribution in [-0.4, -0.2) is 31.7 Å². The highest BCUT2D eigenvalue weighted by Gasteiger charge is 2.73. The van der Waals surface area contributed by atoms with Crippen LogP contribution in [0.2, 0.25) is 0 Å². The number of nitrogens with one attached hydrogen (secondary N) is 2. The Morgan fingerprint density at radius 3 is 1.97 bits per heavy atom. The van der Waals surface area contributed by atoms with E-state index in [0.717, 1.165) is 28.7 Å². The van der Waals surface area contributed by atoms with Crippen LogP contribution < -0.4 is 15.4 Å². The van der Waals surface area contributed by atoms with E-state index in [1.165, 1.54) is 19.2 Å². The van der Waals surface area contributed by atoms with Crippen molar-refractivity contribution in [2.75, 3.05) is 17.7 Å². The van der Waals surface area contributed by atoms with Gasteiger partial charge in [0.2, 0.25) is 0 Å². The Bertz CT molecular complexity index is 1070. The fraction of sp³-hybridized carbons (Fsp3) is 0.278. The van der Waals surface area contributed by atoms with Crippen molar-refractivity contribution in [2.24, 2.45) is 0 Å². The third kappa shape index (κ3) is 5.41. The Kier molecular flexibility index (Phi) is 7.54. The molecule has 2 N–H and O–H groups in total. The first-order chi connectivity index (χ1) is 15.3. The van der Waals surface area contributed by atoms with Crippen LogP contribution in [0.15, 0.2) is 30.3 Å². The SMILES string of the molecule is CNc1cccc(C(=O)Nc2c(I)cc(C(F)(C(F)(F)F)C(F)(F)F)cc2OC(F)(F)F)c1F. The molecule has 0 saturated carbocycles. The number of halogens is 12. The van der Waals surface area contributed by atoms with Gasteiger partial charge in [-0.15, -0.1) is 13.2 Å². The lowest BCUT2D eigenvalue weighted by atomic mass is 9.93. The molecule has 188 valence electrons. The zero-order valence-electron chi connectivity index (χ0n) is 16.2. The maximum Gasteiger partial charge on any atom is 0.573 e. The lowest BCUT2D eigenvalue weighted by Gasteiger charge is -2.31. The van der Waals surface area contributed by atoms with Crippen LogP contribution in [0.4, 0.5) is 59.7 Å². The minimum Gasteiger partial charge on any atom is -0.404 e. The van der Waals surface area contributed by atoms with Gasteiger partial charge in [0.15, 0.2) is 11.6 Å². The number of carbonyl (C=O) groups excluding carboxylic acids is 1. The number of hydrogen-bond donors (Lipinski definition) is 2. The summed E-state index contributed by atoms with van der Waals surface area (Å²) in [5.74, 6) is -4.38. The maximum atomic E-state index is 14.4. The minimum absolute atomic E-state index is 0.0687. The summed E-state index contributed by atoms with van der Waals surface area (Å²) in [6, 6.07) is 2.71. The number of hydrogen-bond acceptors (Lipinski definition) is 3. The van der Waals surface area contributed by atoms with Crippen LogP contribution in [0.1, 0.15) is 15.9 Å². The number of ether oxygens (including phenoxy) is 1. The summed E-state index contributed by atoms with van der Waals surface area (Å²) >= 11 is 0.965. The van der Waals surface area contributed by atoms with Gasteiger partial charge < -0.3 is 15.4 Å². The monoisotopic (exact) mass is 622 g/mol. The Hall–Kier alpha value is -2.53. The molecule has 0 unspecified atom stereocenters. The van der Waals surface area contributed by atoms with Gasteiger partial charge in [0.1, 0.15) is 0 Å². The van der Waals surface area contributed by atoms with Crippen molar-refractivity contribution < 1.29 is 57.8 Å². The number of anilines is 2. The average molecular weight is 622 g/mol. The molecule has 0 saturated heterocycles. The van der Waals surface area contributed by atoms with E-state index >= 15 is 0 Å². The van der Waals surface area contributed by atoms with E-state index < -0.39 is 68.3 Å². The molecule has 0 spiro atoms. The smallest absolute Gasteiger partial charge is 0.404 e. The molecule has 4 nitrogen and oxygen atoms in total. The Labute approximate surface area is 196 Å². The van der Waals surface area contributed by atoms with Gasteiger partial charge >= 0.3 is 24.4 Å². The largest absolute Gasteiger partial charge is 0.573 e. The van der Waals surface area contributed by atoms with E-state index in [4.69, 9.17) is 0 Å². The van der Waals surface area contributed by atoms with Gasteiger partial charge in [0.05, 0.1) is 16.9 Å². The van der Waals surface area contributed by atoms with Gasteiger partial charge in [-0.1, -0.05) is 6.07 Å². The quantitative estimate of drug-likeness (QED) is 0.282. The molecule has 2 aromatic carbocycles. The zero-order valence-corrected chi connectivity index (χ0v) is 18.4. The van der Waals surface area contributed by atoms with Gasteiger partial charge in [-0.25, -0.2) is 8.78 Å². The molecule has 2 rings (SSSR count). The molecule has 0 fully saturated rings. The molecule has 0 aliphatic heterocycles. The fourth-order valence-electron chi connectivity index (χ4n) is 2.68. The topological polar surface area (TPSA) is 50.4 Å². The van der Waals surface area contributed by atoms with E-state index in [1.54, 1.807) is 5.32 Å². The first-order valence-corrected chi connectivity index (χ1v) is 9.61. The van der Waals surface area contributed by atoms with Crippen molar-refractivity contribution in [2.45, 2.75) is 24.4 Å². The first-order valence-electron chi connectivity index (χ1n) is 8.53. The Morgan fingerprint density at radius 1 is 0.941 bits per heavy atom. The standard InChI is InChI=1S/C18H10F11IN2O2/c1-31-10-4-2-3-8(12(10)19)14(33)32-13-9(30)5-7(6-11(13)34-18(27,28)29)15(20,16(21,22)23)17(24,25)26/h2-6,31H,1H3,(H,32,33). The van der Waals surface area contributed by atoms with E-state index in [0.29, 0.717) is 0 Å². The fourth-order valence-corrected chi connectivity index (χ4v) is 3.41. The number of alkyl halides is 10. The van der Waals surface area contributed by atoms with Crippen LogP contribution in [-0.2, 0) is 5.67 Å². The van der Waals surface area contributed by atoms with Gasteiger partial charge in [-0.05, 0) is 46.9 Å². The summed E-state index contributed by atoms with van der Waals surface area (Å²) in [5.41, 5.74) is -10.4. The number of carbonyl (C=O) groups is 1. The van der Waals surface area contributed by atoms with Crippen molar-refractivity contribution in [1.29, 1.82) is 0 Å². The number of amides is 1. The summed E-state index contributed by atoms with van der Waals surface area (Å²) in [6.07, 6.45) is -18.9. The van der Waals surface area contributed by atoms with Crippen molar-refractivity contribution in [3.63, 3.8) is 0 Å². The van der Waals surface area contributed by atoms with Crippen LogP contribution in [0.25, 0.3) is 0 Å². The summed E-state index contributed by atoms with van der Waals surface area (Å²) in [4.78, 5) is 12.4. The molecule has 0 heterocycles. The summed E-state index contributed by atoms with van der Waals surface area (Å²) in [7, 11) is 1.28. The van der Waals surface area contributed by atoms with Crippen molar-refractivity contribution in [3.05, 3.63) is 50.8 Å². The minimum atomic E-state index is -6.62. The maximum absolute atomic E-state index is 14.4. The third-order valence-corrected chi connectivity index (χ3v) is 5.06. The van der Waals surface area contributed by atoms with Crippen LogP contribution >= 0.6 is 22.6 Å². The molecule has 0 radical (unpaired) electrons. The van der Waals surface area contributed by atoms with Crippen LogP contribution in [0.3, 0.4) is 0 Å².